The Balaban J connectivity index is 1.37. The fourth-order valence-corrected chi connectivity index (χ4v) is 4.55. The Morgan fingerprint density at radius 2 is 2.00 bits per heavy atom. The highest BCUT2D eigenvalue weighted by atomic mass is 32.1. The van der Waals surface area contributed by atoms with Gasteiger partial charge >= 0.3 is 0 Å². The average Bonchev–Trinajstić information content (AvgIpc) is 3.22. The van der Waals surface area contributed by atoms with Crippen molar-refractivity contribution in [3.05, 3.63) is 75.2 Å². The number of nitrogens with one attached hydrogen (secondary N) is 1. The van der Waals surface area contributed by atoms with E-state index in [1.54, 1.807) is 6.07 Å². The van der Waals surface area contributed by atoms with Crippen molar-refractivity contribution in [3.8, 4) is 0 Å². The topological polar surface area (TPSA) is 132 Å². The number of thiazole rings is 1. The van der Waals surface area contributed by atoms with Gasteiger partial charge in [0.25, 0.3) is 0 Å². The molecule has 1 aliphatic heterocycles. The molecule has 0 aliphatic carbocycles. The van der Waals surface area contributed by atoms with Crippen molar-refractivity contribution in [1.82, 2.24) is 9.88 Å². The number of nitrogens with two attached hydrogens (primary N) is 1. The minimum atomic E-state index is -0.482. The van der Waals surface area contributed by atoms with Gasteiger partial charge in [0.1, 0.15) is 21.8 Å². The summed E-state index contributed by atoms with van der Waals surface area (Å²) in [6, 6.07) is 13.4. The summed E-state index contributed by atoms with van der Waals surface area (Å²) in [6.07, 6.45) is -0.270. The number of aromatic nitrogens is 1. The van der Waals surface area contributed by atoms with Crippen LogP contribution in [0, 0.1) is 5.82 Å². The summed E-state index contributed by atoms with van der Waals surface area (Å²) in [6.45, 7) is 5.04. The van der Waals surface area contributed by atoms with Gasteiger partial charge in [0, 0.05) is 48.0 Å². The molecular weight excluding hydrogens is 459 g/mol. The SMILES string of the molecule is CC(ON=[N+]=[N-])N1CCN(c2ccc(Nc3nc(N)c(C(=O)c4cccc(F)c4)s3)cc2)CC1. The van der Waals surface area contributed by atoms with E-state index in [0.717, 1.165) is 48.9 Å². The van der Waals surface area contributed by atoms with Crippen molar-refractivity contribution >= 4 is 39.4 Å². The number of nitrogens with zero attached hydrogens (tertiary/aromatic N) is 6. The number of azide groups is 1. The van der Waals surface area contributed by atoms with Crippen LogP contribution in [0.2, 0.25) is 0 Å². The van der Waals surface area contributed by atoms with Crippen molar-refractivity contribution in [2.24, 2.45) is 5.28 Å². The van der Waals surface area contributed by atoms with Crippen molar-refractivity contribution in [3.63, 3.8) is 0 Å². The highest BCUT2D eigenvalue weighted by molar-refractivity contribution is 7.18. The average molecular weight is 483 g/mol. The minimum Gasteiger partial charge on any atom is -0.414 e. The summed E-state index contributed by atoms with van der Waals surface area (Å²) in [7, 11) is 0. The molecule has 34 heavy (non-hydrogen) atoms. The van der Waals surface area contributed by atoms with Crippen molar-refractivity contribution in [2.45, 2.75) is 13.2 Å². The second-order valence-corrected chi connectivity index (χ2v) is 8.64. The van der Waals surface area contributed by atoms with Gasteiger partial charge in [0.05, 0.1) is 0 Å². The van der Waals surface area contributed by atoms with E-state index in [0.29, 0.717) is 5.13 Å². The Morgan fingerprint density at radius 1 is 1.26 bits per heavy atom. The van der Waals surface area contributed by atoms with Gasteiger partial charge in [-0.2, -0.15) is 0 Å². The lowest BCUT2D eigenvalue weighted by Gasteiger charge is -2.38. The van der Waals surface area contributed by atoms with E-state index in [9.17, 15) is 9.18 Å². The van der Waals surface area contributed by atoms with Gasteiger partial charge in [-0.3, -0.25) is 9.69 Å². The first kappa shape index (κ1) is 23.3. The summed E-state index contributed by atoms with van der Waals surface area (Å²) in [5.41, 5.74) is 16.4. The Hall–Kier alpha value is -3.86. The van der Waals surface area contributed by atoms with Crippen LogP contribution in [-0.4, -0.2) is 48.1 Å². The third-order valence-electron chi connectivity index (χ3n) is 5.49. The van der Waals surface area contributed by atoms with Gasteiger partial charge in [-0.05, 0) is 48.9 Å². The molecule has 176 valence electrons. The molecule has 1 saturated heterocycles. The number of piperazine rings is 1. The quantitative estimate of drug-likeness (QED) is 0.158. The van der Waals surface area contributed by atoms with E-state index in [1.165, 1.54) is 18.2 Å². The molecule has 1 aliphatic rings. The molecule has 0 amide bonds. The van der Waals surface area contributed by atoms with Crippen LogP contribution in [0.3, 0.4) is 0 Å². The number of carbonyl (C=O) groups excluding carboxylic acids is 1. The lowest BCUT2D eigenvalue weighted by atomic mass is 10.1. The summed E-state index contributed by atoms with van der Waals surface area (Å²) < 4.78 is 13.5. The number of rotatable bonds is 8. The van der Waals surface area contributed by atoms with E-state index in [4.69, 9.17) is 16.1 Å². The van der Waals surface area contributed by atoms with Gasteiger partial charge < -0.3 is 20.8 Å². The van der Waals surface area contributed by atoms with Crippen LogP contribution in [0.4, 0.5) is 26.7 Å². The van der Waals surface area contributed by atoms with Crippen LogP contribution in [0.1, 0.15) is 22.2 Å². The molecule has 10 nitrogen and oxygen atoms in total. The maximum atomic E-state index is 13.5. The highest BCUT2D eigenvalue weighted by Gasteiger charge is 2.22. The van der Waals surface area contributed by atoms with Crippen LogP contribution < -0.4 is 16.0 Å². The summed E-state index contributed by atoms with van der Waals surface area (Å²) in [5.74, 6) is -0.740. The molecule has 2 aromatic carbocycles. The van der Waals surface area contributed by atoms with Crippen LogP contribution >= 0.6 is 11.3 Å². The monoisotopic (exact) mass is 482 g/mol. The maximum Gasteiger partial charge on any atom is 0.206 e. The van der Waals surface area contributed by atoms with E-state index in [-0.39, 0.29) is 28.3 Å². The Labute approximate surface area is 199 Å². The molecule has 1 atom stereocenters. The number of carbonyl (C=O) groups is 1. The number of hydrogen-bond donors (Lipinski definition) is 2. The summed E-state index contributed by atoms with van der Waals surface area (Å²) >= 11 is 1.13. The standard InChI is InChI=1S/C22H23FN8O2S/c1-14(33-29-28-25)30-9-11-31(12-10-30)18-7-5-17(6-8-18)26-22-27-21(24)20(34-22)19(32)15-3-2-4-16(23)13-15/h2-8,13-14H,9-12,24H2,1H3,(H,26,27). The molecule has 3 aromatic rings. The van der Waals surface area contributed by atoms with Crippen molar-refractivity contribution in [2.75, 3.05) is 42.1 Å². The molecule has 12 heteroatoms. The summed E-state index contributed by atoms with van der Waals surface area (Å²) in [5, 5.41) is 6.83. The highest BCUT2D eigenvalue weighted by Crippen LogP contribution is 2.30. The first-order valence-electron chi connectivity index (χ1n) is 10.6. The Bertz CT molecular complexity index is 1200. The normalized spacial score (nSPS) is 14.8. The minimum absolute atomic E-state index is 0.106. The Kier molecular flexibility index (Phi) is 7.12. The van der Waals surface area contributed by atoms with Crippen LogP contribution in [0.5, 0.6) is 0 Å². The molecule has 0 spiro atoms. The van der Waals surface area contributed by atoms with Gasteiger partial charge in [-0.25, -0.2) is 9.37 Å². The predicted octanol–water partition coefficient (Wildman–Crippen LogP) is 4.55. The molecule has 1 aromatic heterocycles. The molecule has 1 unspecified atom stereocenters. The zero-order valence-electron chi connectivity index (χ0n) is 18.4. The molecular formula is C22H23FN8O2S. The lowest BCUT2D eigenvalue weighted by Crippen LogP contribution is -2.50. The van der Waals surface area contributed by atoms with Gasteiger partial charge in [0.2, 0.25) is 5.78 Å². The largest absolute Gasteiger partial charge is 0.414 e. The molecule has 2 heterocycles. The Morgan fingerprint density at radius 3 is 2.68 bits per heavy atom. The molecule has 0 bridgehead atoms. The van der Waals surface area contributed by atoms with Gasteiger partial charge in [-0.15, -0.1) is 0 Å². The van der Waals surface area contributed by atoms with E-state index >= 15 is 0 Å². The lowest BCUT2D eigenvalue weighted by molar-refractivity contribution is -0.0502. The number of ketones is 1. The first-order valence-corrected chi connectivity index (χ1v) is 11.4. The fourth-order valence-electron chi connectivity index (χ4n) is 3.69. The number of hydrogen-bond acceptors (Lipinski definition) is 9. The van der Waals surface area contributed by atoms with Crippen LogP contribution in [-0.2, 0) is 4.84 Å². The van der Waals surface area contributed by atoms with Crippen LogP contribution in [0.15, 0.2) is 53.8 Å². The second-order valence-electron chi connectivity index (χ2n) is 7.64. The van der Waals surface area contributed by atoms with Crippen LogP contribution in [0.25, 0.3) is 10.4 Å². The number of halogens is 1. The third kappa shape index (κ3) is 5.37. The molecule has 1 fully saturated rings. The zero-order valence-corrected chi connectivity index (χ0v) is 19.2. The zero-order chi connectivity index (χ0) is 24.1. The van der Waals surface area contributed by atoms with Gasteiger partial charge in [0.15, 0.2) is 11.4 Å². The maximum absolute atomic E-state index is 13.5. The van der Waals surface area contributed by atoms with E-state index in [2.05, 4.69) is 30.3 Å². The predicted molar refractivity (Wildman–Crippen MR) is 130 cm³/mol. The fraction of sp³-hybridized carbons (Fsp3) is 0.273. The van der Waals surface area contributed by atoms with Crippen molar-refractivity contribution < 1.29 is 14.0 Å². The second kappa shape index (κ2) is 10.4. The smallest absolute Gasteiger partial charge is 0.206 e. The molecule has 0 radical (unpaired) electrons. The number of nitrogen functional groups attached to an aromatic ring is 1. The number of benzene rings is 2. The molecule has 3 N–H and O–H groups in total. The van der Waals surface area contributed by atoms with Gasteiger partial charge in [-0.1, -0.05) is 23.5 Å². The third-order valence-corrected chi connectivity index (χ3v) is 6.48. The molecule has 0 saturated carbocycles. The van der Waals surface area contributed by atoms with E-state index < -0.39 is 5.82 Å². The number of anilines is 4. The molecule has 4 rings (SSSR count). The first-order chi connectivity index (χ1) is 16.4. The van der Waals surface area contributed by atoms with E-state index in [1.807, 2.05) is 31.2 Å². The summed E-state index contributed by atoms with van der Waals surface area (Å²) in [4.78, 5) is 29.2. The van der Waals surface area contributed by atoms with Crippen molar-refractivity contribution in [1.29, 1.82) is 0 Å².